The highest BCUT2D eigenvalue weighted by molar-refractivity contribution is 5.70. The third-order valence-corrected chi connectivity index (χ3v) is 2.54. The molecule has 0 fully saturated rings. The van der Waals surface area contributed by atoms with E-state index in [-0.39, 0.29) is 0 Å². The molecule has 1 rings (SSSR count). The number of benzene rings is 1. The summed E-state index contributed by atoms with van der Waals surface area (Å²) in [4.78, 5) is 0. The lowest BCUT2D eigenvalue weighted by atomic mass is 10.2. The van der Waals surface area contributed by atoms with Crippen LogP contribution >= 0.6 is 0 Å². The molecule has 1 aromatic carbocycles. The molecule has 0 bridgehead atoms. The molecule has 5 N–H and O–H groups in total. The average Bonchev–Trinajstić information content (AvgIpc) is 2.24. The Kier molecular flexibility index (Phi) is 5.25. The lowest BCUT2D eigenvalue weighted by molar-refractivity contribution is -0.870. The maximum Gasteiger partial charge on any atom is 0.102 e. The minimum absolute atomic E-state index is 0.668. The molecule has 5 nitrogen and oxygen atoms in total. The Labute approximate surface area is 109 Å². The average molecular weight is 253 g/mol. The van der Waals surface area contributed by atoms with Crippen LogP contribution in [0.3, 0.4) is 0 Å². The number of nitrogen functional groups attached to an aromatic ring is 2. The fourth-order valence-corrected chi connectivity index (χ4v) is 1.44. The molecule has 0 saturated heterocycles. The molecule has 0 saturated carbocycles. The van der Waals surface area contributed by atoms with Crippen LogP contribution in [0, 0.1) is 0 Å². The fourth-order valence-electron chi connectivity index (χ4n) is 1.44. The topological polar surface area (TPSA) is 73.3 Å². The molecular weight excluding hydrogens is 228 g/mol. The maximum absolute atomic E-state index is 5.83. The molecule has 18 heavy (non-hydrogen) atoms. The first-order valence-corrected chi connectivity index (χ1v) is 6.15. The zero-order chi connectivity index (χ0) is 13.6. The molecule has 0 atom stereocenters. The van der Waals surface area contributed by atoms with E-state index in [1.165, 1.54) is 0 Å². The number of hydrogen-bond acceptors (Lipinski definition) is 4. The highest BCUT2D eigenvalue weighted by atomic mass is 16.5. The number of nitrogens with two attached hydrogens (primary N) is 2. The normalized spacial score (nSPS) is 11.5. The van der Waals surface area contributed by atoms with Crippen LogP contribution in [0.25, 0.3) is 0 Å². The fraction of sp³-hybridized carbons (Fsp3) is 0.538. The Morgan fingerprint density at radius 1 is 1.17 bits per heavy atom. The van der Waals surface area contributed by atoms with Crippen molar-refractivity contribution in [3.8, 4) is 0 Å². The Morgan fingerprint density at radius 2 is 1.89 bits per heavy atom. The van der Waals surface area contributed by atoms with Gasteiger partial charge in [-0.3, -0.25) is 0 Å². The molecule has 102 valence electrons. The number of nitrogens with zero attached hydrogens (tertiary/aromatic N) is 1. The van der Waals surface area contributed by atoms with Gasteiger partial charge >= 0.3 is 0 Å². The predicted molar refractivity (Wildman–Crippen MR) is 77.5 cm³/mol. The molecule has 0 aliphatic heterocycles. The minimum Gasteiger partial charge on any atom is -0.399 e. The molecular formula is C13H25N4O+. The van der Waals surface area contributed by atoms with Gasteiger partial charge in [0.25, 0.3) is 0 Å². The van der Waals surface area contributed by atoms with Crippen LogP contribution in [-0.2, 0) is 4.74 Å². The lowest BCUT2D eigenvalue weighted by Crippen LogP contribution is -2.37. The van der Waals surface area contributed by atoms with Crippen molar-refractivity contribution in [3.05, 3.63) is 18.2 Å². The standard InChI is InChI=1S/C13H25N4O/c1-17(2,3)7-9-18-8-6-16-13-5-4-11(14)10-12(13)15/h4-5,10,16H,6-9,14-15H2,1-3H3/q+1. The number of hydrogen-bond donors (Lipinski definition) is 3. The van der Waals surface area contributed by atoms with Gasteiger partial charge in [0.05, 0.1) is 45.7 Å². The van der Waals surface area contributed by atoms with E-state index in [1.807, 2.05) is 12.1 Å². The molecule has 0 radical (unpaired) electrons. The van der Waals surface area contributed by atoms with Crippen molar-refractivity contribution in [2.24, 2.45) is 0 Å². The van der Waals surface area contributed by atoms with Gasteiger partial charge in [-0.2, -0.15) is 0 Å². The summed E-state index contributed by atoms with van der Waals surface area (Å²) < 4.78 is 6.47. The molecule has 0 spiro atoms. The van der Waals surface area contributed by atoms with Crippen molar-refractivity contribution in [1.29, 1.82) is 0 Å². The maximum atomic E-state index is 5.83. The Balaban J connectivity index is 2.18. The number of anilines is 3. The predicted octanol–water partition coefficient (Wildman–Crippen LogP) is 0.986. The molecule has 1 aromatic rings. The first-order chi connectivity index (χ1) is 8.38. The van der Waals surface area contributed by atoms with Crippen LogP contribution in [0.15, 0.2) is 18.2 Å². The van der Waals surface area contributed by atoms with Gasteiger partial charge < -0.3 is 26.0 Å². The quantitative estimate of drug-likeness (QED) is 0.385. The van der Waals surface area contributed by atoms with Gasteiger partial charge in [-0.25, -0.2) is 0 Å². The first-order valence-electron chi connectivity index (χ1n) is 6.15. The molecule has 0 unspecified atom stereocenters. The number of nitrogens with one attached hydrogen (secondary N) is 1. The summed E-state index contributed by atoms with van der Waals surface area (Å²) in [6, 6.07) is 5.47. The summed E-state index contributed by atoms with van der Waals surface area (Å²) in [7, 11) is 6.45. The molecule has 0 amide bonds. The second-order valence-corrected chi connectivity index (χ2v) is 5.40. The summed E-state index contributed by atoms with van der Waals surface area (Å²) >= 11 is 0. The molecule has 0 heterocycles. The lowest BCUT2D eigenvalue weighted by Gasteiger charge is -2.23. The summed E-state index contributed by atoms with van der Waals surface area (Å²) in [5.74, 6) is 0. The molecule has 0 aliphatic carbocycles. The van der Waals surface area contributed by atoms with Gasteiger partial charge in [-0.05, 0) is 18.2 Å². The zero-order valence-electron chi connectivity index (χ0n) is 11.6. The summed E-state index contributed by atoms with van der Waals surface area (Å²) in [6.45, 7) is 3.18. The van der Waals surface area contributed by atoms with Gasteiger partial charge in [0.15, 0.2) is 0 Å². The van der Waals surface area contributed by atoms with E-state index < -0.39 is 0 Å². The van der Waals surface area contributed by atoms with Gasteiger partial charge in [0, 0.05) is 12.2 Å². The van der Waals surface area contributed by atoms with Crippen molar-refractivity contribution in [2.45, 2.75) is 0 Å². The molecule has 0 aliphatic rings. The van der Waals surface area contributed by atoms with E-state index in [1.54, 1.807) is 6.07 Å². The van der Waals surface area contributed by atoms with Gasteiger partial charge in [-0.1, -0.05) is 0 Å². The highest BCUT2D eigenvalue weighted by Gasteiger charge is 2.05. The molecule has 5 heteroatoms. The Bertz CT molecular complexity index is 374. The smallest absolute Gasteiger partial charge is 0.102 e. The summed E-state index contributed by atoms with van der Waals surface area (Å²) in [6.07, 6.45) is 0. The van der Waals surface area contributed by atoms with Gasteiger partial charge in [0.1, 0.15) is 6.54 Å². The van der Waals surface area contributed by atoms with Crippen molar-refractivity contribution in [1.82, 2.24) is 0 Å². The summed E-state index contributed by atoms with van der Waals surface area (Å²) in [5.41, 5.74) is 13.7. The van der Waals surface area contributed by atoms with Crippen molar-refractivity contribution < 1.29 is 9.22 Å². The molecule has 0 aromatic heterocycles. The number of ether oxygens (including phenoxy) is 1. The van der Waals surface area contributed by atoms with Gasteiger partial charge in [-0.15, -0.1) is 0 Å². The van der Waals surface area contributed by atoms with E-state index in [0.29, 0.717) is 18.0 Å². The number of rotatable bonds is 7. The van der Waals surface area contributed by atoms with E-state index in [4.69, 9.17) is 16.2 Å². The Morgan fingerprint density at radius 3 is 2.50 bits per heavy atom. The number of likely N-dealkylation sites (N-methyl/N-ethyl adjacent to an activating group) is 1. The third kappa shape index (κ3) is 5.75. The summed E-state index contributed by atoms with van der Waals surface area (Å²) in [5, 5.41) is 3.23. The second-order valence-electron chi connectivity index (χ2n) is 5.40. The highest BCUT2D eigenvalue weighted by Crippen LogP contribution is 2.20. The number of quaternary nitrogens is 1. The van der Waals surface area contributed by atoms with Gasteiger partial charge in [0.2, 0.25) is 0 Å². The third-order valence-electron chi connectivity index (χ3n) is 2.54. The van der Waals surface area contributed by atoms with Crippen LogP contribution < -0.4 is 16.8 Å². The Hall–Kier alpha value is -1.46. The van der Waals surface area contributed by atoms with E-state index in [2.05, 4.69) is 26.5 Å². The van der Waals surface area contributed by atoms with E-state index >= 15 is 0 Å². The SMILES string of the molecule is C[N+](C)(C)CCOCCNc1ccc(N)cc1N. The van der Waals surface area contributed by atoms with Crippen LogP contribution in [0.1, 0.15) is 0 Å². The van der Waals surface area contributed by atoms with Crippen molar-refractivity contribution >= 4 is 17.1 Å². The first kappa shape index (κ1) is 14.6. The van der Waals surface area contributed by atoms with Crippen LogP contribution in [-0.4, -0.2) is 51.9 Å². The largest absolute Gasteiger partial charge is 0.399 e. The minimum atomic E-state index is 0.668. The zero-order valence-corrected chi connectivity index (χ0v) is 11.6. The van der Waals surface area contributed by atoms with Crippen LogP contribution in [0.5, 0.6) is 0 Å². The van der Waals surface area contributed by atoms with Crippen molar-refractivity contribution in [2.75, 3.05) is 64.2 Å². The van der Waals surface area contributed by atoms with Crippen LogP contribution in [0.2, 0.25) is 0 Å². The van der Waals surface area contributed by atoms with E-state index in [9.17, 15) is 0 Å². The van der Waals surface area contributed by atoms with E-state index in [0.717, 1.165) is 29.9 Å². The van der Waals surface area contributed by atoms with Crippen molar-refractivity contribution in [3.63, 3.8) is 0 Å². The monoisotopic (exact) mass is 253 g/mol. The second kappa shape index (κ2) is 6.47. The van der Waals surface area contributed by atoms with Crippen LogP contribution in [0.4, 0.5) is 17.1 Å².